The molecule has 1 atom stereocenters. The van der Waals surface area contributed by atoms with Gasteiger partial charge in [-0.15, -0.1) is 13.2 Å². The van der Waals surface area contributed by atoms with Crippen molar-refractivity contribution in [3.8, 4) is 0 Å². The fraction of sp³-hybridized carbons (Fsp3) is 0.900. The van der Waals surface area contributed by atoms with Crippen LogP contribution < -0.4 is 6.15 Å². The van der Waals surface area contributed by atoms with E-state index in [-0.39, 0.29) is 6.15 Å². The molecule has 0 aliphatic carbocycles. The fourth-order valence-corrected chi connectivity index (χ4v) is 1.35. The number of hydrogen-bond acceptors (Lipinski definition) is 3. The average molecular weight is 441 g/mol. The van der Waals surface area contributed by atoms with Crippen LogP contribution in [0.1, 0.15) is 13.3 Å². The molecule has 1 unspecified atom stereocenters. The zero-order valence-electron chi connectivity index (χ0n) is 12.6. The molecule has 0 aliphatic rings. The lowest BCUT2D eigenvalue weighted by Gasteiger charge is -2.39. The molecule has 3 nitrogen and oxygen atoms in total. The molecule has 17 heteroatoms. The average Bonchev–Trinajstić information content (AvgIpc) is 2.43. The van der Waals surface area contributed by atoms with Gasteiger partial charge in [-0.3, -0.25) is 0 Å². The van der Waals surface area contributed by atoms with E-state index in [1.54, 1.807) is 4.74 Å². The van der Waals surface area contributed by atoms with Crippen LogP contribution in [-0.4, -0.2) is 48.1 Å². The van der Waals surface area contributed by atoms with Gasteiger partial charge in [-0.1, -0.05) is 6.92 Å². The Morgan fingerprint density at radius 1 is 0.778 bits per heavy atom. The Labute approximate surface area is 140 Å². The number of halogens is 14. The predicted octanol–water partition coefficient (Wildman–Crippen LogP) is 5.14. The summed E-state index contributed by atoms with van der Waals surface area (Å²) in [5.74, 6) is -41.7. The minimum Gasteiger partial charge on any atom is -0.368 e. The van der Waals surface area contributed by atoms with Crippen LogP contribution in [-0.2, 0) is 9.53 Å². The minimum atomic E-state index is -7.88. The first-order valence-corrected chi connectivity index (χ1v) is 5.94. The van der Waals surface area contributed by atoms with Crippen molar-refractivity contribution >= 4 is 5.97 Å². The molecule has 0 heterocycles. The lowest BCUT2D eigenvalue weighted by Crippen LogP contribution is -2.70. The van der Waals surface area contributed by atoms with Gasteiger partial charge in [0.25, 0.3) is 0 Å². The van der Waals surface area contributed by atoms with Crippen molar-refractivity contribution in [2.24, 2.45) is 0 Å². The molecule has 27 heavy (non-hydrogen) atoms. The highest BCUT2D eigenvalue weighted by molar-refractivity contribution is 5.79. The summed E-state index contributed by atoms with van der Waals surface area (Å²) >= 11 is 0. The van der Waals surface area contributed by atoms with E-state index in [1.807, 2.05) is 0 Å². The number of alkyl halides is 14. The summed E-state index contributed by atoms with van der Waals surface area (Å²) < 4.78 is 180. The molecular formula is C10H9F14NO2. The summed E-state index contributed by atoms with van der Waals surface area (Å²) in [4.78, 5) is 10.3. The molecule has 0 rings (SSSR count). The zero-order valence-corrected chi connectivity index (χ0v) is 12.6. The summed E-state index contributed by atoms with van der Waals surface area (Å²) in [5.41, 5.74) is 0. The number of hydrogen-bond donors (Lipinski definition) is 1. The molecule has 0 aromatic rings. The quantitative estimate of drug-likeness (QED) is 0.440. The lowest BCUT2D eigenvalue weighted by molar-refractivity contribution is -0.407. The normalized spacial score (nSPS) is 15.8. The van der Waals surface area contributed by atoms with Crippen LogP contribution in [0.3, 0.4) is 0 Å². The van der Waals surface area contributed by atoms with Crippen LogP contribution in [0.15, 0.2) is 0 Å². The second-order valence-electron chi connectivity index (χ2n) is 4.63. The molecule has 0 spiro atoms. The van der Waals surface area contributed by atoms with E-state index in [4.69, 9.17) is 0 Å². The van der Waals surface area contributed by atoms with Crippen LogP contribution >= 0.6 is 0 Å². The Morgan fingerprint density at radius 2 is 1.15 bits per heavy atom. The standard InChI is InChI=1S/C10H6F14O2.H3N/c1-2-3(11)5(12,13)7(16,17)9(20,21)8(18,19)6(14,15)4(25)26-10(22,23)24;/h3H,2H2,1H3;1H3. The molecule has 0 aromatic heterocycles. The van der Waals surface area contributed by atoms with Crippen molar-refractivity contribution in [2.75, 3.05) is 0 Å². The van der Waals surface area contributed by atoms with E-state index < -0.39 is 54.5 Å². The molecule has 0 fully saturated rings. The maximum absolute atomic E-state index is 13.1. The second-order valence-corrected chi connectivity index (χ2v) is 4.63. The van der Waals surface area contributed by atoms with Gasteiger partial charge in [-0.2, -0.15) is 43.9 Å². The summed E-state index contributed by atoms with van der Waals surface area (Å²) in [6.45, 7) is 0.375. The molecule has 0 bridgehead atoms. The van der Waals surface area contributed by atoms with Crippen molar-refractivity contribution in [1.29, 1.82) is 0 Å². The first-order valence-electron chi connectivity index (χ1n) is 5.94. The van der Waals surface area contributed by atoms with Crippen LogP contribution in [0.4, 0.5) is 61.5 Å². The van der Waals surface area contributed by atoms with E-state index in [0.29, 0.717) is 6.92 Å². The third kappa shape index (κ3) is 4.31. The minimum absolute atomic E-state index is 0. The Kier molecular flexibility index (Phi) is 7.65. The highest BCUT2D eigenvalue weighted by Crippen LogP contribution is 2.58. The number of esters is 1. The van der Waals surface area contributed by atoms with Crippen LogP contribution in [0.25, 0.3) is 0 Å². The molecule has 0 saturated heterocycles. The first kappa shape index (κ1) is 27.7. The van der Waals surface area contributed by atoms with Gasteiger partial charge in [-0.05, 0) is 6.42 Å². The predicted molar refractivity (Wildman–Crippen MR) is 57.1 cm³/mol. The number of carbonyl (C=O) groups is 1. The first-order chi connectivity index (χ1) is 11.1. The summed E-state index contributed by atoms with van der Waals surface area (Å²) in [6, 6.07) is 0. The molecule has 0 radical (unpaired) electrons. The van der Waals surface area contributed by atoms with Gasteiger partial charge >= 0.3 is 41.9 Å². The van der Waals surface area contributed by atoms with E-state index in [1.165, 1.54) is 0 Å². The molecule has 0 aliphatic heterocycles. The Balaban J connectivity index is 0. The topological polar surface area (TPSA) is 61.3 Å². The molecule has 164 valence electrons. The summed E-state index contributed by atoms with van der Waals surface area (Å²) in [6.07, 6.45) is -12.3. The molecule has 3 N–H and O–H groups in total. The van der Waals surface area contributed by atoms with Gasteiger partial charge in [-0.25, -0.2) is 9.18 Å². The van der Waals surface area contributed by atoms with Crippen molar-refractivity contribution < 1.29 is 71.0 Å². The van der Waals surface area contributed by atoms with Gasteiger partial charge in [0.05, 0.1) is 0 Å². The van der Waals surface area contributed by atoms with Gasteiger partial charge < -0.3 is 10.9 Å². The number of carbonyl (C=O) groups excluding carboxylic acids is 1. The molecular weight excluding hydrogens is 432 g/mol. The molecule has 0 saturated carbocycles. The maximum atomic E-state index is 13.1. The van der Waals surface area contributed by atoms with Crippen molar-refractivity contribution in [1.82, 2.24) is 6.15 Å². The number of ether oxygens (including phenoxy) is 1. The van der Waals surface area contributed by atoms with Crippen molar-refractivity contribution in [3.63, 3.8) is 0 Å². The molecule has 0 amide bonds. The SMILES string of the molecule is CCC(F)C(F)(F)C(F)(F)C(F)(F)C(F)(F)C(F)(F)C(=O)OC(F)(F)F.N. The number of rotatable bonds is 7. The van der Waals surface area contributed by atoms with Gasteiger partial charge in [0, 0.05) is 0 Å². The van der Waals surface area contributed by atoms with Crippen molar-refractivity contribution in [3.05, 3.63) is 0 Å². The highest BCUT2D eigenvalue weighted by Gasteiger charge is 2.89. The van der Waals surface area contributed by atoms with E-state index in [9.17, 15) is 66.3 Å². The van der Waals surface area contributed by atoms with Crippen LogP contribution in [0, 0.1) is 0 Å². The van der Waals surface area contributed by atoms with Crippen molar-refractivity contribution in [2.45, 2.75) is 55.5 Å². The maximum Gasteiger partial charge on any atom is 0.575 e. The second kappa shape index (κ2) is 7.46. The Hall–Kier alpha value is -1.55. The fourth-order valence-electron chi connectivity index (χ4n) is 1.35. The van der Waals surface area contributed by atoms with Crippen LogP contribution in [0.5, 0.6) is 0 Å². The third-order valence-electron chi connectivity index (χ3n) is 2.82. The Bertz CT molecular complexity index is 528. The summed E-state index contributed by atoms with van der Waals surface area (Å²) in [7, 11) is 0. The van der Waals surface area contributed by atoms with E-state index >= 15 is 0 Å². The Morgan fingerprint density at radius 3 is 1.44 bits per heavy atom. The highest BCUT2D eigenvalue weighted by atomic mass is 19.4. The summed E-state index contributed by atoms with van der Waals surface area (Å²) in [5, 5.41) is 0. The lowest BCUT2D eigenvalue weighted by atomic mass is 9.91. The van der Waals surface area contributed by atoms with Crippen LogP contribution in [0.2, 0.25) is 0 Å². The van der Waals surface area contributed by atoms with E-state index in [0.717, 1.165) is 0 Å². The van der Waals surface area contributed by atoms with Gasteiger partial charge in [0.1, 0.15) is 0 Å². The van der Waals surface area contributed by atoms with E-state index in [2.05, 4.69) is 0 Å². The zero-order chi connectivity index (χ0) is 21.6. The smallest absolute Gasteiger partial charge is 0.368 e. The van der Waals surface area contributed by atoms with Gasteiger partial charge in [0.15, 0.2) is 6.17 Å². The molecule has 0 aromatic carbocycles. The van der Waals surface area contributed by atoms with Gasteiger partial charge in [0.2, 0.25) is 0 Å². The largest absolute Gasteiger partial charge is 0.575 e. The monoisotopic (exact) mass is 441 g/mol. The third-order valence-corrected chi connectivity index (χ3v) is 2.82.